The molecule has 1 aromatic heterocycles. The Kier molecular flexibility index (Phi) is 9.22. The number of aromatic nitrogens is 1. The lowest BCUT2D eigenvalue weighted by Gasteiger charge is -2.19. The molecule has 2 aromatic carbocycles. The largest absolute Gasteiger partial charge is 0.497 e. The molecule has 3 N–H and O–H groups in total. The molecule has 6 nitrogen and oxygen atoms in total. The van der Waals surface area contributed by atoms with Crippen molar-refractivity contribution < 1.29 is 9.13 Å². The minimum Gasteiger partial charge on any atom is -0.497 e. The number of halogens is 2. The highest BCUT2D eigenvalue weighted by atomic mass is 127. The average Bonchev–Trinajstić information content (AvgIpc) is 3.44. The van der Waals surface area contributed by atoms with Gasteiger partial charge in [-0.2, -0.15) is 0 Å². The Hall–Kier alpha value is -2.49. The Labute approximate surface area is 212 Å². The van der Waals surface area contributed by atoms with Gasteiger partial charge in [0, 0.05) is 61.6 Å². The van der Waals surface area contributed by atoms with E-state index in [2.05, 4.69) is 39.6 Å². The van der Waals surface area contributed by atoms with Gasteiger partial charge in [-0.1, -0.05) is 6.07 Å². The van der Waals surface area contributed by atoms with Gasteiger partial charge >= 0.3 is 0 Å². The molecule has 33 heavy (non-hydrogen) atoms. The molecule has 3 aromatic rings. The van der Waals surface area contributed by atoms with Gasteiger partial charge in [-0.3, -0.25) is 4.99 Å². The van der Waals surface area contributed by atoms with E-state index in [1.54, 1.807) is 7.11 Å². The lowest BCUT2D eigenvalue weighted by Crippen LogP contribution is -2.38. The van der Waals surface area contributed by atoms with E-state index in [-0.39, 0.29) is 29.8 Å². The number of nitrogens with zero attached hydrogens (tertiary/aromatic N) is 2. The van der Waals surface area contributed by atoms with Crippen molar-refractivity contribution in [1.29, 1.82) is 0 Å². The summed E-state index contributed by atoms with van der Waals surface area (Å²) < 4.78 is 18.7. The van der Waals surface area contributed by atoms with Gasteiger partial charge in [-0.15, -0.1) is 24.0 Å². The number of benzene rings is 2. The number of anilines is 1. The highest BCUT2D eigenvalue weighted by molar-refractivity contribution is 14.0. The summed E-state index contributed by atoms with van der Waals surface area (Å²) in [6, 6.07) is 13.1. The highest BCUT2D eigenvalue weighted by Gasteiger charge is 2.22. The normalized spacial score (nSPS) is 16.0. The van der Waals surface area contributed by atoms with Crippen LogP contribution >= 0.6 is 24.0 Å². The molecule has 178 valence electrons. The molecule has 1 atom stereocenters. The van der Waals surface area contributed by atoms with Crippen LogP contribution in [-0.4, -0.2) is 50.8 Å². The first-order valence-electron chi connectivity index (χ1n) is 11.3. The number of hydrogen-bond donors (Lipinski definition) is 3. The van der Waals surface area contributed by atoms with Crippen LogP contribution in [0.25, 0.3) is 10.9 Å². The van der Waals surface area contributed by atoms with Crippen LogP contribution in [0.15, 0.2) is 53.7 Å². The number of guanidine groups is 1. The van der Waals surface area contributed by atoms with Gasteiger partial charge in [-0.05, 0) is 61.6 Å². The highest BCUT2D eigenvalue weighted by Crippen LogP contribution is 2.27. The Morgan fingerprint density at radius 3 is 2.94 bits per heavy atom. The van der Waals surface area contributed by atoms with Gasteiger partial charge in [0.15, 0.2) is 5.96 Å². The lowest BCUT2D eigenvalue weighted by molar-refractivity contribution is 0.415. The predicted molar refractivity (Wildman–Crippen MR) is 145 cm³/mol. The summed E-state index contributed by atoms with van der Waals surface area (Å²) in [5.74, 6) is 2.05. The number of nitrogens with one attached hydrogen (secondary N) is 3. The second-order valence-electron chi connectivity index (χ2n) is 8.20. The molecule has 8 heteroatoms. The van der Waals surface area contributed by atoms with Crippen molar-refractivity contribution in [2.24, 2.45) is 10.9 Å². The Bertz CT molecular complexity index is 1070. The van der Waals surface area contributed by atoms with Crippen molar-refractivity contribution in [3.63, 3.8) is 0 Å². The minimum absolute atomic E-state index is 0. The van der Waals surface area contributed by atoms with Crippen LogP contribution in [0.2, 0.25) is 0 Å². The monoisotopic (exact) mass is 565 g/mol. The summed E-state index contributed by atoms with van der Waals surface area (Å²) in [7, 11) is 1.70. The summed E-state index contributed by atoms with van der Waals surface area (Å²) in [6.07, 6.45) is 3.93. The van der Waals surface area contributed by atoms with Crippen LogP contribution in [0.1, 0.15) is 18.9 Å². The molecule has 2 heterocycles. The summed E-state index contributed by atoms with van der Waals surface area (Å²) >= 11 is 0. The molecule has 0 aliphatic carbocycles. The average molecular weight is 565 g/mol. The van der Waals surface area contributed by atoms with E-state index in [4.69, 9.17) is 9.73 Å². The van der Waals surface area contributed by atoms with Gasteiger partial charge in [-0.25, -0.2) is 4.39 Å². The van der Waals surface area contributed by atoms with Gasteiger partial charge < -0.3 is 25.3 Å². The standard InChI is InChI=1S/C25H32FN5O.HI/c1-3-27-25(28-11-9-19-16-29-24-13-20(26)7-8-23(19)24)30-15-18-10-12-31(17-18)21-5-4-6-22(14-21)32-2;/h4-8,13-14,16,18,29H,3,9-12,15,17H2,1-2H3,(H2,27,28,30);1H. The van der Waals surface area contributed by atoms with Crippen molar-refractivity contribution in [1.82, 2.24) is 15.6 Å². The minimum atomic E-state index is -0.220. The third-order valence-electron chi connectivity index (χ3n) is 5.97. The molecular formula is C25H33FIN5O. The van der Waals surface area contributed by atoms with Crippen molar-refractivity contribution in [2.45, 2.75) is 19.8 Å². The fourth-order valence-electron chi connectivity index (χ4n) is 4.27. The van der Waals surface area contributed by atoms with Crippen LogP contribution in [0.4, 0.5) is 10.1 Å². The van der Waals surface area contributed by atoms with E-state index in [1.807, 2.05) is 24.4 Å². The number of aliphatic imine (C=N–C) groups is 1. The topological polar surface area (TPSA) is 64.7 Å². The zero-order valence-electron chi connectivity index (χ0n) is 19.2. The number of methoxy groups -OCH3 is 1. The predicted octanol–water partition coefficient (Wildman–Crippen LogP) is 4.56. The van der Waals surface area contributed by atoms with Gasteiger partial charge in [0.05, 0.1) is 7.11 Å². The molecule has 0 saturated carbocycles. The van der Waals surface area contributed by atoms with Crippen LogP contribution in [0.3, 0.4) is 0 Å². The van der Waals surface area contributed by atoms with Gasteiger partial charge in [0.1, 0.15) is 11.6 Å². The first-order chi connectivity index (χ1) is 15.7. The summed E-state index contributed by atoms with van der Waals surface area (Å²) in [4.78, 5) is 10.4. The molecule has 4 rings (SSSR count). The molecule has 0 radical (unpaired) electrons. The van der Waals surface area contributed by atoms with E-state index in [0.717, 1.165) is 68.2 Å². The van der Waals surface area contributed by atoms with E-state index in [1.165, 1.54) is 23.4 Å². The molecule has 1 unspecified atom stereocenters. The number of rotatable bonds is 8. The maximum Gasteiger partial charge on any atom is 0.191 e. The fourth-order valence-corrected chi connectivity index (χ4v) is 4.27. The van der Waals surface area contributed by atoms with E-state index >= 15 is 0 Å². The third-order valence-corrected chi connectivity index (χ3v) is 5.97. The maximum atomic E-state index is 13.4. The zero-order chi connectivity index (χ0) is 22.3. The van der Waals surface area contributed by atoms with Crippen LogP contribution in [0, 0.1) is 11.7 Å². The number of fused-ring (bicyclic) bond motifs is 1. The SMILES string of the molecule is CCNC(=NCC1CCN(c2cccc(OC)c2)C1)NCCc1c[nH]c2cc(F)ccc12.I. The van der Waals surface area contributed by atoms with Crippen molar-refractivity contribution >= 4 is 46.5 Å². The molecule has 1 saturated heterocycles. The lowest BCUT2D eigenvalue weighted by atomic mass is 10.1. The van der Waals surface area contributed by atoms with Crippen molar-refractivity contribution in [3.05, 3.63) is 60.0 Å². The van der Waals surface area contributed by atoms with E-state index in [9.17, 15) is 4.39 Å². The number of aromatic amines is 1. The van der Waals surface area contributed by atoms with E-state index < -0.39 is 0 Å². The van der Waals surface area contributed by atoms with Crippen LogP contribution in [0.5, 0.6) is 5.75 Å². The van der Waals surface area contributed by atoms with Crippen molar-refractivity contribution in [2.75, 3.05) is 44.7 Å². The van der Waals surface area contributed by atoms with Gasteiger partial charge in [0.25, 0.3) is 0 Å². The quantitative estimate of drug-likeness (QED) is 0.213. The van der Waals surface area contributed by atoms with E-state index in [0.29, 0.717) is 5.92 Å². The fraction of sp³-hybridized carbons (Fsp3) is 0.400. The Morgan fingerprint density at radius 1 is 1.24 bits per heavy atom. The number of ether oxygens (including phenoxy) is 1. The molecule has 1 fully saturated rings. The number of hydrogen-bond acceptors (Lipinski definition) is 3. The number of H-pyrrole nitrogens is 1. The smallest absolute Gasteiger partial charge is 0.191 e. The molecule has 0 spiro atoms. The van der Waals surface area contributed by atoms with Crippen LogP contribution < -0.4 is 20.3 Å². The Balaban J connectivity index is 0.00000306. The van der Waals surface area contributed by atoms with Gasteiger partial charge in [0.2, 0.25) is 0 Å². The third kappa shape index (κ3) is 6.52. The molecular weight excluding hydrogens is 532 g/mol. The zero-order valence-corrected chi connectivity index (χ0v) is 21.6. The molecule has 0 amide bonds. The summed E-state index contributed by atoms with van der Waals surface area (Å²) in [6.45, 7) is 6.49. The first-order valence-corrected chi connectivity index (χ1v) is 11.3. The second-order valence-corrected chi connectivity index (χ2v) is 8.20. The van der Waals surface area contributed by atoms with Crippen LogP contribution in [-0.2, 0) is 6.42 Å². The summed E-state index contributed by atoms with van der Waals surface area (Å²) in [5.41, 5.74) is 3.22. The molecule has 1 aliphatic rings. The van der Waals surface area contributed by atoms with Crippen molar-refractivity contribution in [3.8, 4) is 5.75 Å². The molecule has 0 bridgehead atoms. The maximum absolute atomic E-state index is 13.4. The second kappa shape index (κ2) is 12.1. The first kappa shape index (κ1) is 25.1. The molecule has 1 aliphatic heterocycles. The summed E-state index contributed by atoms with van der Waals surface area (Å²) in [5, 5.41) is 7.85. The Morgan fingerprint density at radius 2 is 2.12 bits per heavy atom.